The van der Waals surface area contributed by atoms with Crippen molar-refractivity contribution in [1.82, 2.24) is 4.90 Å². The maximum absolute atomic E-state index is 11.1. The SMILES string of the molecule is C=C1CC(C=CCC(C)C(C)=O)CCN1C. The highest BCUT2D eigenvalue weighted by atomic mass is 16.1. The van der Waals surface area contributed by atoms with E-state index < -0.39 is 0 Å². The number of ketones is 1. The molecule has 90 valence electrons. The number of hydrogen-bond donors (Lipinski definition) is 0. The predicted molar refractivity (Wildman–Crippen MR) is 68.1 cm³/mol. The molecule has 16 heavy (non-hydrogen) atoms. The fourth-order valence-corrected chi connectivity index (χ4v) is 1.88. The van der Waals surface area contributed by atoms with Crippen LogP contribution >= 0.6 is 0 Å². The second kappa shape index (κ2) is 5.88. The summed E-state index contributed by atoms with van der Waals surface area (Å²) in [5, 5.41) is 0. The molecule has 0 radical (unpaired) electrons. The van der Waals surface area contributed by atoms with Gasteiger partial charge in [-0.25, -0.2) is 0 Å². The molecule has 0 bridgehead atoms. The summed E-state index contributed by atoms with van der Waals surface area (Å²) in [7, 11) is 2.10. The number of piperidine rings is 1. The van der Waals surface area contributed by atoms with E-state index in [-0.39, 0.29) is 11.7 Å². The Morgan fingerprint density at radius 3 is 2.94 bits per heavy atom. The summed E-state index contributed by atoms with van der Waals surface area (Å²) in [6.07, 6.45) is 7.54. The van der Waals surface area contributed by atoms with Crippen LogP contribution in [-0.4, -0.2) is 24.3 Å². The van der Waals surface area contributed by atoms with E-state index in [1.807, 2.05) is 6.92 Å². The van der Waals surface area contributed by atoms with Gasteiger partial charge in [-0.2, -0.15) is 0 Å². The lowest BCUT2D eigenvalue weighted by Gasteiger charge is -2.31. The number of carbonyl (C=O) groups is 1. The Morgan fingerprint density at radius 1 is 1.69 bits per heavy atom. The molecule has 2 atom stereocenters. The quantitative estimate of drug-likeness (QED) is 0.680. The molecular formula is C14H23NO. The smallest absolute Gasteiger partial charge is 0.132 e. The van der Waals surface area contributed by atoms with Crippen molar-refractivity contribution in [3.63, 3.8) is 0 Å². The van der Waals surface area contributed by atoms with Crippen LogP contribution in [0.3, 0.4) is 0 Å². The van der Waals surface area contributed by atoms with Crippen molar-refractivity contribution < 1.29 is 4.79 Å². The van der Waals surface area contributed by atoms with E-state index in [0.717, 1.165) is 19.4 Å². The standard InChI is InChI=1S/C14H23NO/c1-11(13(3)16)6-5-7-14-8-9-15(4)12(2)10-14/h5,7,11,14H,2,6,8-10H2,1,3-4H3. The average Bonchev–Trinajstić information content (AvgIpc) is 2.23. The number of hydrogen-bond acceptors (Lipinski definition) is 2. The number of allylic oxidation sites excluding steroid dienone is 3. The van der Waals surface area contributed by atoms with Gasteiger partial charge in [-0.15, -0.1) is 0 Å². The summed E-state index contributed by atoms with van der Waals surface area (Å²) in [5.41, 5.74) is 1.22. The van der Waals surface area contributed by atoms with Crippen LogP contribution in [0.4, 0.5) is 0 Å². The van der Waals surface area contributed by atoms with E-state index in [4.69, 9.17) is 0 Å². The van der Waals surface area contributed by atoms with Crippen LogP contribution < -0.4 is 0 Å². The summed E-state index contributed by atoms with van der Waals surface area (Å²) in [4.78, 5) is 13.3. The van der Waals surface area contributed by atoms with Crippen molar-refractivity contribution >= 4 is 5.78 Å². The minimum absolute atomic E-state index is 0.158. The van der Waals surface area contributed by atoms with Crippen LogP contribution in [0.15, 0.2) is 24.4 Å². The van der Waals surface area contributed by atoms with E-state index in [9.17, 15) is 4.79 Å². The highest BCUT2D eigenvalue weighted by Gasteiger charge is 2.16. The number of nitrogens with zero attached hydrogens (tertiary/aromatic N) is 1. The van der Waals surface area contributed by atoms with Crippen molar-refractivity contribution in [2.75, 3.05) is 13.6 Å². The monoisotopic (exact) mass is 221 g/mol. The Bertz CT molecular complexity index is 293. The number of Topliss-reactive ketones (excluding diaryl/α,β-unsaturated/α-hetero) is 1. The first-order chi connectivity index (χ1) is 7.50. The molecule has 0 aromatic carbocycles. The van der Waals surface area contributed by atoms with Gasteiger partial charge in [0.25, 0.3) is 0 Å². The fraction of sp³-hybridized carbons (Fsp3) is 0.643. The predicted octanol–water partition coefficient (Wildman–Crippen LogP) is 3.01. The molecule has 1 rings (SSSR count). The molecule has 1 aliphatic rings. The van der Waals surface area contributed by atoms with E-state index in [2.05, 4.69) is 30.7 Å². The molecule has 1 fully saturated rings. The van der Waals surface area contributed by atoms with Gasteiger partial charge in [0.05, 0.1) is 0 Å². The van der Waals surface area contributed by atoms with E-state index >= 15 is 0 Å². The van der Waals surface area contributed by atoms with Crippen molar-refractivity contribution in [3.8, 4) is 0 Å². The summed E-state index contributed by atoms with van der Waals surface area (Å²) >= 11 is 0. The summed E-state index contributed by atoms with van der Waals surface area (Å²) in [5.74, 6) is 1.05. The van der Waals surface area contributed by atoms with Crippen molar-refractivity contribution in [2.24, 2.45) is 11.8 Å². The zero-order valence-electron chi connectivity index (χ0n) is 10.7. The van der Waals surface area contributed by atoms with E-state index in [1.165, 1.54) is 12.1 Å². The van der Waals surface area contributed by atoms with Gasteiger partial charge in [0.2, 0.25) is 0 Å². The maximum atomic E-state index is 11.1. The first kappa shape index (κ1) is 13.0. The first-order valence-corrected chi connectivity index (χ1v) is 6.06. The Kier molecular flexibility index (Phi) is 4.78. The highest BCUT2D eigenvalue weighted by molar-refractivity contribution is 5.77. The van der Waals surface area contributed by atoms with Gasteiger partial charge in [-0.05, 0) is 32.1 Å². The molecule has 1 aliphatic heterocycles. The molecule has 2 unspecified atom stereocenters. The van der Waals surface area contributed by atoms with Crippen LogP contribution in [0.2, 0.25) is 0 Å². The van der Waals surface area contributed by atoms with Crippen LogP contribution in [0.25, 0.3) is 0 Å². The van der Waals surface area contributed by atoms with Gasteiger partial charge < -0.3 is 4.90 Å². The van der Waals surface area contributed by atoms with Gasteiger partial charge in [0.1, 0.15) is 5.78 Å². The van der Waals surface area contributed by atoms with Crippen LogP contribution in [0.5, 0.6) is 0 Å². The lowest BCUT2D eigenvalue weighted by molar-refractivity contribution is -0.120. The van der Waals surface area contributed by atoms with Crippen LogP contribution in [-0.2, 0) is 4.79 Å². The lowest BCUT2D eigenvalue weighted by atomic mass is 9.93. The third-order valence-corrected chi connectivity index (χ3v) is 3.46. The topological polar surface area (TPSA) is 20.3 Å². The number of rotatable bonds is 4. The fourth-order valence-electron chi connectivity index (χ4n) is 1.88. The number of carbonyl (C=O) groups excluding carboxylic acids is 1. The van der Waals surface area contributed by atoms with Gasteiger partial charge in [-0.1, -0.05) is 25.7 Å². The molecule has 0 aromatic heterocycles. The van der Waals surface area contributed by atoms with Crippen molar-refractivity contribution in [2.45, 2.75) is 33.1 Å². The van der Waals surface area contributed by atoms with Crippen molar-refractivity contribution in [3.05, 3.63) is 24.4 Å². The molecule has 2 nitrogen and oxygen atoms in total. The van der Waals surface area contributed by atoms with Crippen molar-refractivity contribution in [1.29, 1.82) is 0 Å². The van der Waals surface area contributed by atoms with Gasteiger partial charge in [0.15, 0.2) is 0 Å². The molecule has 0 saturated carbocycles. The lowest BCUT2D eigenvalue weighted by Crippen LogP contribution is -2.27. The molecular weight excluding hydrogens is 198 g/mol. The van der Waals surface area contributed by atoms with Gasteiger partial charge >= 0.3 is 0 Å². The molecule has 1 heterocycles. The zero-order chi connectivity index (χ0) is 12.1. The summed E-state index contributed by atoms with van der Waals surface area (Å²) < 4.78 is 0. The molecule has 0 spiro atoms. The number of likely N-dealkylation sites (tertiary alicyclic amines) is 1. The molecule has 0 amide bonds. The molecule has 0 aliphatic carbocycles. The average molecular weight is 221 g/mol. The Labute approximate surface area is 99.0 Å². The van der Waals surface area contributed by atoms with Gasteiger partial charge in [-0.3, -0.25) is 4.79 Å². The maximum Gasteiger partial charge on any atom is 0.132 e. The molecule has 2 heteroatoms. The third-order valence-electron chi connectivity index (χ3n) is 3.46. The minimum Gasteiger partial charge on any atom is -0.378 e. The van der Waals surface area contributed by atoms with E-state index in [1.54, 1.807) is 6.92 Å². The van der Waals surface area contributed by atoms with Crippen LogP contribution in [0.1, 0.15) is 33.1 Å². The Morgan fingerprint density at radius 2 is 2.38 bits per heavy atom. The summed E-state index contributed by atoms with van der Waals surface area (Å²) in [6.45, 7) is 8.80. The molecule has 0 N–H and O–H groups in total. The van der Waals surface area contributed by atoms with Crippen LogP contribution in [0, 0.1) is 11.8 Å². The Balaban J connectivity index is 2.35. The molecule has 1 saturated heterocycles. The minimum atomic E-state index is 0.158. The largest absolute Gasteiger partial charge is 0.378 e. The molecule has 0 aromatic rings. The highest BCUT2D eigenvalue weighted by Crippen LogP contribution is 2.24. The third kappa shape index (κ3) is 3.84. The second-order valence-electron chi connectivity index (χ2n) is 4.92. The van der Waals surface area contributed by atoms with Gasteiger partial charge in [0, 0.05) is 25.2 Å². The summed E-state index contributed by atoms with van der Waals surface area (Å²) in [6, 6.07) is 0. The van der Waals surface area contributed by atoms with E-state index in [0.29, 0.717) is 5.92 Å². The zero-order valence-corrected chi connectivity index (χ0v) is 10.7. The Hall–Kier alpha value is -1.05. The normalized spacial score (nSPS) is 23.8. The first-order valence-electron chi connectivity index (χ1n) is 6.06. The second-order valence-corrected chi connectivity index (χ2v) is 4.92.